The van der Waals surface area contributed by atoms with E-state index >= 15 is 0 Å². The fourth-order valence-electron chi connectivity index (χ4n) is 3.97. The molecule has 0 bridgehead atoms. The Hall–Kier alpha value is -3.93. The van der Waals surface area contributed by atoms with E-state index in [2.05, 4.69) is 18.8 Å². The molecule has 1 aromatic heterocycles. The number of imidazole rings is 1. The SMILES string of the molecule is CC(C)c1ccc(-c2nc(Cl)c(C=O)n2Cc2ccc(-c3ccccc3S(=O)(=O)NC#N)cc2)cc1. The van der Waals surface area contributed by atoms with Gasteiger partial charge in [0, 0.05) is 17.7 Å². The molecule has 0 radical (unpaired) electrons. The topological polar surface area (TPSA) is 105 Å². The summed E-state index contributed by atoms with van der Waals surface area (Å²) in [5.74, 6) is 0.975. The van der Waals surface area contributed by atoms with E-state index < -0.39 is 10.0 Å². The molecule has 4 aromatic rings. The van der Waals surface area contributed by atoms with Gasteiger partial charge >= 0.3 is 0 Å². The van der Waals surface area contributed by atoms with Crippen LogP contribution in [-0.4, -0.2) is 24.3 Å². The molecular weight excluding hydrogens is 496 g/mol. The van der Waals surface area contributed by atoms with Crippen molar-refractivity contribution in [3.05, 3.63) is 94.8 Å². The van der Waals surface area contributed by atoms with Crippen LogP contribution in [0.3, 0.4) is 0 Å². The van der Waals surface area contributed by atoms with Crippen LogP contribution in [0.4, 0.5) is 0 Å². The number of hydrogen-bond acceptors (Lipinski definition) is 5. The van der Waals surface area contributed by atoms with Crippen molar-refractivity contribution in [2.45, 2.75) is 31.2 Å². The molecule has 0 saturated heterocycles. The van der Waals surface area contributed by atoms with Gasteiger partial charge in [-0.3, -0.25) is 4.79 Å². The van der Waals surface area contributed by atoms with Crippen LogP contribution in [0, 0.1) is 11.5 Å². The molecule has 0 saturated carbocycles. The summed E-state index contributed by atoms with van der Waals surface area (Å²) in [6.07, 6.45) is 2.17. The van der Waals surface area contributed by atoms with Crippen molar-refractivity contribution < 1.29 is 13.2 Å². The smallest absolute Gasteiger partial charge is 0.270 e. The zero-order valence-electron chi connectivity index (χ0n) is 19.6. The van der Waals surface area contributed by atoms with E-state index in [9.17, 15) is 13.2 Å². The van der Waals surface area contributed by atoms with Gasteiger partial charge in [-0.05, 0) is 28.7 Å². The Kier molecular flexibility index (Phi) is 7.25. The molecule has 1 heterocycles. The Morgan fingerprint density at radius 2 is 1.67 bits per heavy atom. The molecule has 182 valence electrons. The van der Waals surface area contributed by atoms with Gasteiger partial charge in [0.05, 0.1) is 4.90 Å². The molecule has 0 unspecified atom stereocenters. The first kappa shape index (κ1) is 25.2. The molecule has 3 aromatic carbocycles. The highest BCUT2D eigenvalue weighted by Gasteiger charge is 2.20. The zero-order chi connectivity index (χ0) is 25.9. The van der Waals surface area contributed by atoms with Crippen molar-refractivity contribution in [1.29, 1.82) is 5.26 Å². The van der Waals surface area contributed by atoms with Gasteiger partial charge < -0.3 is 4.57 Å². The van der Waals surface area contributed by atoms with Crippen molar-refractivity contribution in [3.8, 4) is 28.7 Å². The van der Waals surface area contributed by atoms with Crippen molar-refractivity contribution in [2.24, 2.45) is 0 Å². The van der Waals surface area contributed by atoms with Crippen LogP contribution in [0.15, 0.2) is 77.7 Å². The molecule has 0 aliphatic carbocycles. The standard InChI is InChI=1S/C27H23ClN4O3S/c1-18(2)20-11-13-22(14-12-20)27-31-26(28)24(16-33)32(27)15-19-7-9-21(10-8-19)23-5-3-4-6-25(23)36(34,35)30-17-29/h3-14,16,18,30H,15H2,1-2H3. The number of sulfonamides is 1. The van der Waals surface area contributed by atoms with E-state index in [1.54, 1.807) is 34.9 Å². The number of carbonyl (C=O) groups is 1. The van der Waals surface area contributed by atoms with Gasteiger partial charge in [-0.2, -0.15) is 5.26 Å². The zero-order valence-corrected chi connectivity index (χ0v) is 21.2. The molecule has 9 heteroatoms. The van der Waals surface area contributed by atoms with Gasteiger partial charge in [0.2, 0.25) is 0 Å². The lowest BCUT2D eigenvalue weighted by Crippen LogP contribution is -2.18. The highest BCUT2D eigenvalue weighted by atomic mass is 35.5. The van der Waals surface area contributed by atoms with Gasteiger partial charge in [0.1, 0.15) is 11.5 Å². The lowest BCUT2D eigenvalue weighted by atomic mass is 10.0. The summed E-state index contributed by atoms with van der Waals surface area (Å²) in [5.41, 5.74) is 4.32. The van der Waals surface area contributed by atoms with Crippen molar-refractivity contribution in [1.82, 2.24) is 14.3 Å². The van der Waals surface area contributed by atoms with Crippen LogP contribution in [0.2, 0.25) is 5.15 Å². The monoisotopic (exact) mass is 518 g/mol. The lowest BCUT2D eigenvalue weighted by molar-refractivity contribution is 0.111. The minimum absolute atomic E-state index is 0.0102. The van der Waals surface area contributed by atoms with Crippen LogP contribution in [0.5, 0.6) is 0 Å². The van der Waals surface area contributed by atoms with Crippen LogP contribution in [-0.2, 0) is 16.6 Å². The first-order valence-electron chi connectivity index (χ1n) is 11.2. The van der Waals surface area contributed by atoms with Crippen molar-refractivity contribution in [3.63, 3.8) is 0 Å². The number of carbonyl (C=O) groups excluding carboxylic acids is 1. The largest absolute Gasteiger partial charge is 0.316 e. The second-order valence-corrected chi connectivity index (χ2v) is 10.5. The van der Waals surface area contributed by atoms with Crippen molar-refractivity contribution >= 4 is 27.9 Å². The Morgan fingerprint density at radius 3 is 2.28 bits per heavy atom. The van der Waals surface area contributed by atoms with E-state index in [1.807, 2.05) is 41.1 Å². The lowest BCUT2D eigenvalue weighted by Gasteiger charge is -2.13. The predicted molar refractivity (Wildman–Crippen MR) is 139 cm³/mol. The summed E-state index contributed by atoms with van der Waals surface area (Å²) in [4.78, 5) is 16.3. The van der Waals surface area contributed by atoms with Gasteiger partial charge in [0.15, 0.2) is 17.6 Å². The molecule has 0 aliphatic rings. The Bertz CT molecular complexity index is 1550. The number of halogens is 1. The Labute approximate surface area is 215 Å². The minimum atomic E-state index is -3.98. The van der Waals surface area contributed by atoms with Crippen LogP contribution in [0.1, 0.15) is 41.4 Å². The van der Waals surface area contributed by atoms with Crippen LogP contribution < -0.4 is 4.72 Å². The van der Waals surface area contributed by atoms with Gasteiger partial charge in [0.25, 0.3) is 10.0 Å². The summed E-state index contributed by atoms with van der Waals surface area (Å²) in [7, 11) is -3.98. The van der Waals surface area contributed by atoms with E-state index in [4.69, 9.17) is 16.9 Å². The average molecular weight is 519 g/mol. The number of aldehydes is 1. The Balaban J connectivity index is 1.69. The maximum atomic E-state index is 12.4. The highest BCUT2D eigenvalue weighted by molar-refractivity contribution is 7.89. The molecule has 4 rings (SSSR count). The maximum absolute atomic E-state index is 12.4. The molecule has 0 fully saturated rings. The number of hydrogen-bond donors (Lipinski definition) is 1. The van der Waals surface area contributed by atoms with E-state index in [-0.39, 0.29) is 15.7 Å². The van der Waals surface area contributed by atoms with Crippen LogP contribution >= 0.6 is 11.6 Å². The summed E-state index contributed by atoms with van der Waals surface area (Å²) >= 11 is 6.29. The number of rotatable bonds is 8. The second kappa shape index (κ2) is 10.4. The van der Waals surface area contributed by atoms with Gasteiger partial charge in [-0.25, -0.2) is 18.1 Å². The first-order chi connectivity index (χ1) is 17.2. The molecule has 7 nitrogen and oxygen atoms in total. The third-order valence-electron chi connectivity index (χ3n) is 5.87. The van der Waals surface area contributed by atoms with Crippen molar-refractivity contribution in [2.75, 3.05) is 0 Å². The molecule has 36 heavy (non-hydrogen) atoms. The summed E-state index contributed by atoms with van der Waals surface area (Å²) < 4.78 is 28.5. The number of nitrogens with one attached hydrogen (secondary N) is 1. The predicted octanol–water partition coefficient (Wildman–Crippen LogP) is 5.61. The van der Waals surface area contributed by atoms with E-state index in [0.29, 0.717) is 35.7 Å². The van der Waals surface area contributed by atoms with E-state index in [0.717, 1.165) is 11.1 Å². The molecule has 0 aliphatic heterocycles. The third kappa shape index (κ3) is 5.03. The molecule has 0 atom stereocenters. The highest BCUT2D eigenvalue weighted by Crippen LogP contribution is 2.30. The first-order valence-corrected chi connectivity index (χ1v) is 13.0. The molecule has 0 amide bonds. The minimum Gasteiger partial charge on any atom is -0.316 e. The third-order valence-corrected chi connectivity index (χ3v) is 7.44. The fourth-order valence-corrected chi connectivity index (χ4v) is 5.16. The van der Waals surface area contributed by atoms with Crippen LogP contribution in [0.25, 0.3) is 22.5 Å². The van der Waals surface area contributed by atoms with Gasteiger partial charge in [-0.15, -0.1) is 0 Å². The number of nitriles is 1. The molecule has 0 spiro atoms. The Morgan fingerprint density at radius 1 is 1.03 bits per heavy atom. The van der Waals surface area contributed by atoms with Gasteiger partial charge in [-0.1, -0.05) is 92.2 Å². The maximum Gasteiger partial charge on any atom is 0.270 e. The fraction of sp³-hybridized carbons (Fsp3) is 0.148. The molecule has 1 N–H and O–H groups in total. The summed E-state index contributed by atoms with van der Waals surface area (Å²) in [6, 6.07) is 21.8. The normalized spacial score (nSPS) is 11.3. The molecular formula is C27H23ClN4O3S. The van der Waals surface area contributed by atoms with E-state index in [1.165, 1.54) is 17.8 Å². The quantitative estimate of drug-likeness (QED) is 0.185. The summed E-state index contributed by atoms with van der Waals surface area (Å²) in [5, 5.41) is 8.94. The second-order valence-electron chi connectivity index (χ2n) is 8.50. The number of aromatic nitrogens is 2. The number of nitrogens with zero attached hydrogens (tertiary/aromatic N) is 3. The number of benzene rings is 3. The summed E-state index contributed by atoms with van der Waals surface area (Å²) in [6.45, 7) is 4.58. The average Bonchev–Trinajstić information content (AvgIpc) is 3.19.